The summed E-state index contributed by atoms with van der Waals surface area (Å²) in [5.74, 6) is 0.501. The molecule has 1 unspecified atom stereocenters. The smallest absolute Gasteiger partial charge is 0.258 e. The predicted octanol–water partition coefficient (Wildman–Crippen LogP) is 4.13. The van der Waals surface area contributed by atoms with E-state index in [1.54, 1.807) is 18.2 Å². The fourth-order valence-electron chi connectivity index (χ4n) is 2.58. The number of rotatable bonds is 5. The van der Waals surface area contributed by atoms with E-state index in [0.717, 1.165) is 30.9 Å². The van der Waals surface area contributed by atoms with E-state index in [9.17, 15) is 4.79 Å². The monoisotopic (exact) mass is 434 g/mol. The van der Waals surface area contributed by atoms with Gasteiger partial charge in [-0.3, -0.25) is 10.1 Å². The molecule has 0 aromatic heterocycles. The van der Waals surface area contributed by atoms with Crippen molar-refractivity contribution >= 4 is 44.9 Å². The van der Waals surface area contributed by atoms with Crippen LogP contribution < -0.4 is 15.4 Å². The van der Waals surface area contributed by atoms with Gasteiger partial charge in [-0.25, -0.2) is 0 Å². The second-order valence-corrected chi connectivity index (χ2v) is 7.12. The molecule has 0 radical (unpaired) electrons. The lowest BCUT2D eigenvalue weighted by atomic mass is 10.2. The number of carbonyl (C=O) groups is 1. The normalized spacial score (nSPS) is 16.1. The molecule has 1 fully saturated rings. The number of amides is 1. The zero-order chi connectivity index (χ0) is 18.4. The highest BCUT2D eigenvalue weighted by atomic mass is 79.9. The molecule has 1 aliphatic heterocycles. The van der Waals surface area contributed by atoms with Crippen molar-refractivity contribution in [2.24, 2.45) is 0 Å². The van der Waals surface area contributed by atoms with Crippen LogP contribution >= 0.6 is 28.1 Å². The third-order valence-electron chi connectivity index (χ3n) is 3.92. The second-order valence-electron chi connectivity index (χ2n) is 5.86. The van der Waals surface area contributed by atoms with Crippen molar-refractivity contribution in [3.63, 3.8) is 0 Å². The Hall–Kier alpha value is -1.96. The van der Waals surface area contributed by atoms with Gasteiger partial charge < -0.3 is 14.8 Å². The zero-order valence-electron chi connectivity index (χ0n) is 14.0. The maximum Gasteiger partial charge on any atom is 0.258 e. The van der Waals surface area contributed by atoms with E-state index in [4.69, 9.17) is 21.7 Å². The van der Waals surface area contributed by atoms with Crippen molar-refractivity contribution in [2.75, 3.05) is 18.5 Å². The number of nitrogens with one attached hydrogen (secondary N) is 2. The lowest BCUT2D eigenvalue weighted by molar-refractivity contribution is 0.0679. The summed E-state index contributed by atoms with van der Waals surface area (Å²) >= 11 is 8.56. The van der Waals surface area contributed by atoms with Crippen LogP contribution in [-0.2, 0) is 4.74 Å². The molecule has 2 aromatic rings. The number of thiocarbonyl (C=S) groups is 1. The van der Waals surface area contributed by atoms with E-state index in [2.05, 4.69) is 26.6 Å². The van der Waals surface area contributed by atoms with Crippen molar-refractivity contribution in [3.05, 3.63) is 58.6 Å². The highest BCUT2D eigenvalue weighted by Crippen LogP contribution is 2.19. The number of hydrogen-bond acceptors (Lipinski definition) is 4. The average molecular weight is 435 g/mol. The Labute approximate surface area is 166 Å². The first-order chi connectivity index (χ1) is 12.6. The number of benzene rings is 2. The molecular weight excluding hydrogens is 416 g/mol. The lowest BCUT2D eigenvalue weighted by Crippen LogP contribution is -2.34. The van der Waals surface area contributed by atoms with Crippen LogP contribution in [0.3, 0.4) is 0 Å². The van der Waals surface area contributed by atoms with Crippen molar-refractivity contribution in [1.29, 1.82) is 0 Å². The van der Waals surface area contributed by atoms with Crippen LogP contribution in [0, 0.1) is 0 Å². The van der Waals surface area contributed by atoms with Crippen molar-refractivity contribution in [1.82, 2.24) is 5.32 Å². The van der Waals surface area contributed by atoms with Gasteiger partial charge in [-0.2, -0.15) is 0 Å². The molecule has 1 heterocycles. The van der Waals surface area contributed by atoms with Gasteiger partial charge in [0.1, 0.15) is 12.4 Å². The summed E-state index contributed by atoms with van der Waals surface area (Å²) in [6.07, 6.45) is 2.33. The molecule has 136 valence electrons. The molecule has 2 aromatic carbocycles. The van der Waals surface area contributed by atoms with Crippen molar-refractivity contribution in [3.8, 4) is 5.75 Å². The van der Waals surface area contributed by atoms with Gasteiger partial charge in [0, 0.05) is 16.8 Å². The highest BCUT2D eigenvalue weighted by molar-refractivity contribution is 9.10. The van der Waals surface area contributed by atoms with Gasteiger partial charge in [0.2, 0.25) is 0 Å². The molecule has 26 heavy (non-hydrogen) atoms. The number of carbonyl (C=O) groups excluding carboxylic acids is 1. The summed E-state index contributed by atoms with van der Waals surface area (Å²) in [6, 6.07) is 14.6. The summed E-state index contributed by atoms with van der Waals surface area (Å²) in [6.45, 7) is 1.38. The lowest BCUT2D eigenvalue weighted by Gasteiger charge is -2.13. The summed E-state index contributed by atoms with van der Waals surface area (Å²) in [5.41, 5.74) is 1.29. The molecule has 5 nitrogen and oxygen atoms in total. The zero-order valence-corrected chi connectivity index (χ0v) is 16.4. The van der Waals surface area contributed by atoms with E-state index < -0.39 is 0 Å². The highest BCUT2D eigenvalue weighted by Gasteiger charge is 2.16. The first-order valence-corrected chi connectivity index (χ1v) is 9.53. The maximum atomic E-state index is 12.2. The Morgan fingerprint density at radius 2 is 2.00 bits per heavy atom. The quantitative estimate of drug-likeness (QED) is 0.692. The minimum absolute atomic E-state index is 0.188. The van der Waals surface area contributed by atoms with E-state index in [0.29, 0.717) is 16.6 Å². The molecule has 1 saturated heterocycles. The van der Waals surface area contributed by atoms with E-state index >= 15 is 0 Å². The van der Waals surface area contributed by atoms with Crippen LogP contribution in [0.4, 0.5) is 5.69 Å². The Bertz CT molecular complexity index is 777. The Morgan fingerprint density at radius 1 is 1.23 bits per heavy atom. The van der Waals surface area contributed by atoms with E-state index in [-0.39, 0.29) is 17.1 Å². The molecule has 1 amide bonds. The first-order valence-electron chi connectivity index (χ1n) is 8.33. The SMILES string of the molecule is O=C(NC(=S)Nc1ccc(OCC2CCCO2)cc1)c1ccccc1Br. The van der Waals surface area contributed by atoms with Crippen LogP contribution in [0.1, 0.15) is 23.2 Å². The van der Waals surface area contributed by atoms with Gasteiger partial charge in [-0.15, -0.1) is 0 Å². The van der Waals surface area contributed by atoms with Crippen LogP contribution in [0.25, 0.3) is 0 Å². The first kappa shape index (κ1) is 18.8. The second kappa shape index (κ2) is 9.12. The Balaban J connectivity index is 1.49. The van der Waals surface area contributed by atoms with E-state index in [1.807, 2.05) is 30.3 Å². The summed E-state index contributed by atoms with van der Waals surface area (Å²) < 4.78 is 12.0. The van der Waals surface area contributed by atoms with Gasteiger partial charge in [0.15, 0.2) is 5.11 Å². The van der Waals surface area contributed by atoms with Crippen molar-refractivity contribution < 1.29 is 14.3 Å². The number of ether oxygens (including phenoxy) is 2. The molecule has 0 saturated carbocycles. The summed E-state index contributed by atoms with van der Waals surface area (Å²) in [4.78, 5) is 12.2. The fourth-order valence-corrected chi connectivity index (χ4v) is 3.25. The maximum absolute atomic E-state index is 12.2. The average Bonchev–Trinajstić information content (AvgIpc) is 3.15. The van der Waals surface area contributed by atoms with Gasteiger partial charge in [-0.1, -0.05) is 12.1 Å². The van der Waals surface area contributed by atoms with Crippen molar-refractivity contribution in [2.45, 2.75) is 18.9 Å². The summed E-state index contributed by atoms with van der Waals surface area (Å²) in [5, 5.41) is 5.89. The van der Waals surface area contributed by atoms with Crippen LogP contribution in [0.15, 0.2) is 53.0 Å². The molecule has 7 heteroatoms. The molecule has 0 aliphatic carbocycles. The van der Waals surface area contributed by atoms with Gasteiger partial charge in [0.05, 0.1) is 11.7 Å². The fraction of sp³-hybridized carbons (Fsp3) is 0.263. The standard InChI is InChI=1S/C19H19BrN2O3S/c20-17-6-2-1-5-16(17)18(23)22-19(26)21-13-7-9-14(10-8-13)25-12-15-4-3-11-24-15/h1-2,5-10,15H,3-4,11-12H2,(H2,21,22,23,26). The summed E-state index contributed by atoms with van der Waals surface area (Å²) in [7, 11) is 0. The molecule has 2 N–H and O–H groups in total. The third kappa shape index (κ3) is 5.27. The molecule has 0 bridgehead atoms. The Kier molecular flexibility index (Phi) is 6.60. The van der Waals surface area contributed by atoms with Gasteiger partial charge in [-0.05, 0) is 77.4 Å². The van der Waals surface area contributed by atoms with Crippen LogP contribution in [0.5, 0.6) is 5.75 Å². The van der Waals surface area contributed by atoms with Gasteiger partial charge >= 0.3 is 0 Å². The molecule has 3 rings (SSSR count). The molecular formula is C19H19BrN2O3S. The predicted molar refractivity (Wildman–Crippen MR) is 109 cm³/mol. The minimum atomic E-state index is -0.272. The molecule has 0 spiro atoms. The molecule has 1 aliphatic rings. The van der Waals surface area contributed by atoms with Crippen LogP contribution in [0.2, 0.25) is 0 Å². The van der Waals surface area contributed by atoms with E-state index in [1.165, 1.54) is 0 Å². The van der Waals surface area contributed by atoms with Crippen LogP contribution in [-0.4, -0.2) is 30.3 Å². The third-order valence-corrected chi connectivity index (χ3v) is 4.81. The largest absolute Gasteiger partial charge is 0.491 e. The number of halogens is 1. The van der Waals surface area contributed by atoms with Gasteiger partial charge in [0.25, 0.3) is 5.91 Å². The minimum Gasteiger partial charge on any atom is -0.491 e. The molecule has 1 atom stereocenters. The number of hydrogen-bond donors (Lipinski definition) is 2. The topological polar surface area (TPSA) is 59.6 Å². The Morgan fingerprint density at radius 3 is 2.69 bits per heavy atom. The number of anilines is 1.